The molecule has 0 aliphatic rings. The third kappa shape index (κ3) is 3.64. The van der Waals surface area contributed by atoms with Gasteiger partial charge in [0.25, 0.3) is 0 Å². The highest BCUT2D eigenvalue weighted by atomic mass is 79.9. The van der Waals surface area contributed by atoms with Gasteiger partial charge in [-0.2, -0.15) is 0 Å². The fraction of sp³-hybridized carbons (Fsp3) is 0.0769. The van der Waals surface area contributed by atoms with Crippen LogP contribution in [-0.2, 0) is 6.54 Å². The van der Waals surface area contributed by atoms with E-state index in [9.17, 15) is 0 Å². The molecular weight excluding hydrogens is 401 g/mol. The van der Waals surface area contributed by atoms with Gasteiger partial charge in [-0.3, -0.25) is 0 Å². The van der Waals surface area contributed by atoms with Crippen molar-refractivity contribution in [3.05, 3.63) is 61.0 Å². The Morgan fingerprint density at radius 3 is 2.39 bits per heavy atom. The SMILES string of the molecule is Clc1cc(CNc2ccc(Br)cc2Cl)ccc1Br. The van der Waals surface area contributed by atoms with Crippen molar-refractivity contribution in [1.29, 1.82) is 0 Å². The van der Waals surface area contributed by atoms with E-state index >= 15 is 0 Å². The van der Waals surface area contributed by atoms with Crippen LogP contribution in [0, 0.1) is 0 Å². The Morgan fingerprint density at radius 1 is 0.944 bits per heavy atom. The molecule has 18 heavy (non-hydrogen) atoms. The molecule has 0 saturated carbocycles. The predicted octanol–water partition coefficient (Wildman–Crippen LogP) is 6.13. The van der Waals surface area contributed by atoms with Gasteiger partial charge in [-0.15, -0.1) is 0 Å². The smallest absolute Gasteiger partial charge is 0.0648 e. The van der Waals surface area contributed by atoms with E-state index in [0.717, 1.165) is 20.2 Å². The molecule has 0 amide bonds. The molecule has 0 spiro atoms. The van der Waals surface area contributed by atoms with E-state index in [1.165, 1.54) is 0 Å². The molecule has 5 heteroatoms. The normalized spacial score (nSPS) is 10.4. The molecule has 2 aromatic carbocycles. The third-order valence-electron chi connectivity index (χ3n) is 2.40. The van der Waals surface area contributed by atoms with Gasteiger partial charge in [0.2, 0.25) is 0 Å². The van der Waals surface area contributed by atoms with Crippen molar-refractivity contribution in [2.24, 2.45) is 0 Å². The van der Waals surface area contributed by atoms with Gasteiger partial charge in [0.05, 0.1) is 15.7 Å². The lowest BCUT2D eigenvalue weighted by atomic mass is 10.2. The van der Waals surface area contributed by atoms with Gasteiger partial charge >= 0.3 is 0 Å². The van der Waals surface area contributed by atoms with E-state index in [4.69, 9.17) is 23.2 Å². The van der Waals surface area contributed by atoms with Crippen molar-refractivity contribution in [2.75, 3.05) is 5.32 Å². The molecule has 0 aromatic heterocycles. The average Bonchev–Trinajstić information content (AvgIpc) is 2.32. The highest BCUT2D eigenvalue weighted by Gasteiger charge is 2.02. The van der Waals surface area contributed by atoms with Crippen LogP contribution in [0.2, 0.25) is 10.0 Å². The summed E-state index contributed by atoms with van der Waals surface area (Å²) in [4.78, 5) is 0. The molecule has 0 fully saturated rings. The summed E-state index contributed by atoms with van der Waals surface area (Å²) >= 11 is 18.9. The Hall–Kier alpha value is -0.220. The second-order valence-corrected chi connectivity index (χ2v) is 6.31. The number of benzene rings is 2. The van der Waals surface area contributed by atoms with Crippen molar-refractivity contribution < 1.29 is 0 Å². The maximum atomic E-state index is 6.13. The van der Waals surface area contributed by atoms with Crippen LogP contribution in [0.1, 0.15) is 5.56 Å². The van der Waals surface area contributed by atoms with E-state index in [1.807, 2.05) is 36.4 Å². The van der Waals surface area contributed by atoms with Crippen molar-refractivity contribution in [3.8, 4) is 0 Å². The molecule has 2 aromatic rings. The first-order chi connectivity index (χ1) is 8.56. The van der Waals surface area contributed by atoms with Crippen molar-refractivity contribution in [3.63, 3.8) is 0 Å². The molecule has 0 aliphatic carbocycles. The van der Waals surface area contributed by atoms with Crippen LogP contribution in [0.3, 0.4) is 0 Å². The Labute approximate surface area is 133 Å². The quantitative estimate of drug-likeness (QED) is 0.642. The van der Waals surface area contributed by atoms with Gasteiger partial charge in [-0.25, -0.2) is 0 Å². The molecule has 94 valence electrons. The summed E-state index contributed by atoms with van der Waals surface area (Å²) in [7, 11) is 0. The molecule has 2 rings (SSSR count). The molecule has 0 bridgehead atoms. The van der Waals surface area contributed by atoms with Gasteiger partial charge < -0.3 is 5.32 Å². The van der Waals surface area contributed by atoms with Gasteiger partial charge in [-0.05, 0) is 51.8 Å². The maximum Gasteiger partial charge on any atom is 0.0648 e. The third-order valence-corrected chi connectivity index (χ3v) is 4.44. The number of hydrogen-bond donors (Lipinski definition) is 1. The van der Waals surface area contributed by atoms with Crippen LogP contribution < -0.4 is 5.32 Å². The molecule has 0 unspecified atom stereocenters. The minimum atomic E-state index is 0.675. The summed E-state index contributed by atoms with van der Waals surface area (Å²) in [5.74, 6) is 0. The Bertz CT molecular complexity index is 573. The minimum absolute atomic E-state index is 0.675. The number of anilines is 1. The molecule has 1 nitrogen and oxygen atoms in total. The molecule has 0 saturated heterocycles. The minimum Gasteiger partial charge on any atom is -0.380 e. The highest BCUT2D eigenvalue weighted by Crippen LogP contribution is 2.27. The van der Waals surface area contributed by atoms with E-state index in [1.54, 1.807) is 0 Å². The zero-order chi connectivity index (χ0) is 13.1. The first kappa shape index (κ1) is 14.2. The second kappa shape index (κ2) is 6.29. The fourth-order valence-electron chi connectivity index (χ4n) is 1.48. The molecule has 0 atom stereocenters. The maximum absolute atomic E-state index is 6.13. The van der Waals surface area contributed by atoms with E-state index < -0.39 is 0 Å². The summed E-state index contributed by atoms with van der Waals surface area (Å²) in [6.07, 6.45) is 0. The topological polar surface area (TPSA) is 12.0 Å². The number of rotatable bonds is 3. The van der Waals surface area contributed by atoms with Gasteiger partial charge in [-0.1, -0.05) is 45.2 Å². The van der Waals surface area contributed by atoms with Crippen LogP contribution in [0.5, 0.6) is 0 Å². The largest absolute Gasteiger partial charge is 0.380 e. The second-order valence-electron chi connectivity index (χ2n) is 3.73. The summed E-state index contributed by atoms with van der Waals surface area (Å²) in [6.45, 7) is 0.675. The zero-order valence-corrected chi connectivity index (χ0v) is 13.9. The van der Waals surface area contributed by atoms with E-state index in [2.05, 4.69) is 37.2 Å². The predicted molar refractivity (Wildman–Crippen MR) is 85.6 cm³/mol. The molecule has 0 radical (unpaired) electrons. The van der Waals surface area contributed by atoms with Crippen LogP contribution in [0.25, 0.3) is 0 Å². The zero-order valence-electron chi connectivity index (χ0n) is 9.18. The van der Waals surface area contributed by atoms with E-state index in [0.29, 0.717) is 16.6 Å². The fourth-order valence-corrected chi connectivity index (χ4v) is 2.67. The standard InChI is InChI=1S/C13H9Br2Cl2N/c14-9-2-4-13(12(17)6-9)18-7-8-1-3-10(15)11(16)5-8/h1-6,18H,7H2. The Morgan fingerprint density at radius 2 is 1.72 bits per heavy atom. The number of nitrogens with one attached hydrogen (secondary N) is 1. The summed E-state index contributed by atoms with van der Waals surface area (Å²) < 4.78 is 1.86. The lowest BCUT2D eigenvalue weighted by Crippen LogP contribution is -1.99. The number of hydrogen-bond acceptors (Lipinski definition) is 1. The highest BCUT2D eigenvalue weighted by molar-refractivity contribution is 9.10. The molecule has 0 aliphatic heterocycles. The van der Waals surface area contributed by atoms with Gasteiger partial charge in [0.1, 0.15) is 0 Å². The van der Waals surface area contributed by atoms with Crippen molar-refractivity contribution in [1.82, 2.24) is 0 Å². The Balaban J connectivity index is 2.09. The van der Waals surface area contributed by atoms with Crippen LogP contribution in [0.15, 0.2) is 45.3 Å². The molecule has 0 heterocycles. The van der Waals surface area contributed by atoms with Crippen LogP contribution in [0.4, 0.5) is 5.69 Å². The molecular formula is C13H9Br2Cl2N. The summed E-state index contributed by atoms with van der Waals surface area (Å²) in [5.41, 5.74) is 2.00. The monoisotopic (exact) mass is 407 g/mol. The summed E-state index contributed by atoms with van der Waals surface area (Å²) in [5, 5.41) is 4.67. The van der Waals surface area contributed by atoms with Crippen molar-refractivity contribution in [2.45, 2.75) is 6.54 Å². The molecule has 1 N–H and O–H groups in total. The lowest BCUT2D eigenvalue weighted by molar-refractivity contribution is 1.15. The van der Waals surface area contributed by atoms with Crippen molar-refractivity contribution >= 4 is 60.7 Å². The van der Waals surface area contributed by atoms with Crippen LogP contribution >= 0.6 is 55.1 Å². The average molecular weight is 410 g/mol. The first-order valence-corrected chi connectivity index (χ1v) is 7.53. The first-order valence-electron chi connectivity index (χ1n) is 5.19. The Kier molecular flexibility index (Phi) is 4.96. The summed E-state index contributed by atoms with van der Waals surface area (Å²) in [6, 6.07) is 11.6. The number of halogens is 4. The van der Waals surface area contributed by atoms with Gasteiger partial charge in [0, 0.05) is 15.5 Å². The van der Waals surface area contributed by atoms with Gasteiger partial charge in [0.15, 0.2) is 0 Å². The van der Waals surface area contributed by atoms with E-state index in [-0.39, 0.29) is 0 Å². The lowest BCUT2D eigenvalue weighted by Gasteiger charge is -2.09. The van der Waals surface area contributed by atoms with Crippen LogP contribution in [-0.4, -0.2) is 0 Å².